The molecule has 1 aliphatic carbocycles. The van der Waals surface area contributed by atoms with Gasteiger partial charge in [-0.15, -0.1) is 24.0 Å². The molecule has 0 saturated heterocycles. The molecule has 7 heteroatoms. The average molecular weight is 463 g/mol. The predicted octanol–water partition coefficient (Wildman–Crippen LogP) is 3.17. The monoisotopic (exact) mass is 463 g/mol. The zero-order chi connectivity index (χ0) is 17.4. The van der Waals surface area contributed by atoms with Gasteiger partial charge < -0.3 is 15.0 Å². The van der Waals surface area contributed by atoms with Crippen LogP contribution in [0.4, 0.5) is 0 Å². The van der Waals surface area contributed by atoms with Crippen LogP contribution < -0.4 is 5.32 Å². The van der Waals surface area contributed by atoms with Gasteiger partial charge in [-0.3, -0.25) is 9.67 Å². The number of aliphatic imine (C=N–C) groups is 1. The first-order valence-corrected chi connectivity index (χ1v) is 9.12. The molecule has 1 aliphatic rings. The van der Waals surface area contributed by atoms with Gasteiger partial charge in [0.2, 0.25) is 0 Å². The minimum atomic E-state index is -0.0284. The molecule has 144 valence electrons. The highest BCUT2D eigenvalue weighted by Gasteiger charge is 2.33. The fourth-order valence-corrected chi connectivity index (χ4v) is 3.41. The molecular formula is C18H34IN5O. The Bertz CT molecular complexity index is 525. The van der Waals surface area contributed by atoms with Crippen LogP contribution in [0, 0.1) is 0 Å². The van der Waals surface area contributed by atoms with Gasteiger partial charge in [-0.25, -0.2) is 0 Å². The number of rotatable bonds is 7. The maximum Gasteiger partial charge on any atom is 0.193 e. The summed E-state index contributed by atoms with van der Waals surface area (Å²) in [5.74, 6) is 0.906. The second-order valence-electron chi connectivity index (χ2n) is 6.87. The van der Waals surface area contributed by atoms with Crippen molar-refractivity contribution in [2.24, 2.45) is 12.0 Å². The first-order valence-electron chi connectivity index (χ1n) is 9.12. The zero-order valence-electron chi connectivity index (χ0n) is 16.1. The lowest BCUT2D eigenvalue weighted by atomic mass is 9.84. The fourth-order valence-electron chi connectivity index (χ4n) is 3.41. The Morgan fingerprint density at radius 2 is 2.12 bits per heavy atom. The van der Waals surface area contributed by atoms with Crippen LogP contribution in [0.2, 0.25) is 0 Å². The third kappa shape index (κ3) is 6.77. The van der Waals surface area contributed by atoms with E-state index < -0.39 is 0 Å². The first-order chi connectivity index (χ1) is 11.6. The summed E-state index contributed by atoms with van der Waals surface area (Å²) in [6.07, 6.45) is 11.1. The fraction of sp³-hybridized carbons (Fsp3) is 0.778. The van der Waals surface area contributed by atoms with Gasteiger partial charge in [0.25, 0.3) is 0 Å². The van der Waals surface area contributed by atoms with Crippen molar-refractivity contribution in [2.75, 3.05) is 27.2 Å². The van der Waals surface area contributed by atoms with Crippen LogP contribution in [0.1, 0.15) is 51.0 Å². The summed E-state index contributed by atoms with van der Waals surface area (Å²) in [6.45, 7) is 4.63. The van der Waals surface area contributed by atoms with Gasteiger partial charge in [0.1, 0.15) is 0 Å². The SMILES string of the molecule is CCCOC1(CNC(=NC)N(C)Cc2cnn(C)c2)CCCCC1.I. The molecule has 1 saturated carbocycles. The summed E-state index contributed by atoms with van der Waals surface area (Å²) in [5.41, 5.74) is 1.15. The number of halogens is 1. The molecule has 1 aromatic heterocycles. The Labute approximate surface area is 169 Å². The summed E-state index contributed by atoms with van der Waals surface area (Å²) >= 11 is 0. The third-order valence-electron chi connectivity index (χ3n) is 4.70. The van der Waals surface area contributed by atoms with Gasteiger partial charge in [0, 0.05) is 52.6 Å². The third-order valence-corrected chi connectivity index (χ3v) is 4.70. The van der Waals surface area contributed by atoms with E-state index in [2.05, 4.69) is 34.3 Å². The van der Waals surface area contributed by atoms with Gasteiger partial charge in [-0.05, 0) is 19.3 Å². The van der Waals surface area contributed by atoms with E-state index in [9.17, 15) is 0 Å². The van der Waals surface area contributed by atoms with Gasteiger partial charge in [-0.2, -0.15) is 5.10 Å². The second kappa shape index (κ2) is 11.0. The molecule has 1 fully saturated rings. The molecule has 0 amide bonds. The van der Waals surface area contributed by atoms with Crippen LogP contribution >= 0.6 is 24.0 Å². The van der Waals surface area contributed by atoms with E-state index in [1.165, 1.54) is 24.8 Å². The lowest BCUT2D eigenvalue weighted by Crippen LogP contribution is -2.49. The smallest absolute Gasteiger partial charge is 0.193 e. The molecule has 0 atom stereocenters. The van der Waals surface area contributed by atoms with E-state index in [-0.39, 0.29) is 29.6 Å². The molecular weight excluding hydrogens is 429 g/mol. The van der Waals surface area contributed by atoms with Crippen LogP contribution in [0.25, 0.3) is 0 Å². The Kier molecular flexibility index (Phi) is 9.78. The molecule has 0 radical (unpaired) electrons. The number of aromatic nitrogens is 2. The normalized spacial score (nSPS) is 17.0. The van der Waals surface area contributed by atoms with Crippen LogP contribution in [-0.4, -0.2) is 53.5 Å². The van der Waals surface area contributed by atoms with E-state index in [1.807, 2.05) is 31.2 Å². The molecule has 0 aliphatic heterocycles. The second-order valence-corrected chi connectivity index (χ2v) is 6.87. The molecule has 0 spiro atoms. The number of aryl methyl sites for hydroxylation is 1. The highest BCUT2D eigenvalue weighted by atomic mass is 127. The van der Waals surface area contributed by atoms with Crippen molar-refractivity contribution in [3.63, 3.8) is 0 Å². The highest BCUT2D eigenvalue weighted by Crippen LogP contribution is 2.31. The molecule has 0 aromatic carbocycles. The standard InChI is InChI=1S/C18H33N5O.HI/c1-5-11-24-18(9-7-6-8-10-18)15-20-17(19-2)22(3)13-16-12-21-23(4)14-16;/h12,14H,5-11,13,15H2,1-4H3,(H,19,20);1H. The summed E-state index contributed by atoms with van der Waals surface area (Å²) < 4.78 is 8.09. The van der Waals surface area contributed by atoms with Crippen LogP contribution in [0.5, 0.6) is 0 Å². The molecule has 0 unspecified atom stereocenters. The van der Waals surface area contributed by atoms with Crippen LogP contribution in [0.3, 0.4) is 0 Å². The van der Waals surface area contributed by atoms with Crippen molar-refractivity contribution in [1.29, 1.82) is 0 Å². The van der Waals surface area contributed by atoms with E-state index in [0.29, 0.717) is 0 Å². The summed E-state index contributed by atoms with van der Waals surface area (Å²) in [6, 6.07) is 0. The van der Waals surface area contributed by atoms with Gasteiger partial charge in [-0.1, -0.05) is 26.2 Å². The Balaban J connectivity index is 0.00000312. The molecule has 1 heterocycles. The molecule has 2 rings (SSSR count). The topological polar surface area (TPSA) is 54.7 Å². The number of hydrogen-bond donors (Lipinski definition) is 1. The first kappa shape index (κ1) is 22.2. The number of nitrogens with zero attached hydrogens (tertiary/aromatic N) is 4. The zero-order valence-corrected chi connectivity index (χ0v) is 18.5. The molecule has 1 N–H and O–H groups in total. The van der Waals surface area contributed by atoms with Crippen molar-refractivity contribution >= 4 is 29.9 Å². The highest BCUT2D eigenvalue weighted by molar-refractivity contribution is 14.0. The van der Waals surface area contributed by atoms with Crippen LogP contribution in [0.15, 0.2) is 17.4 Å². The number of ether oxygens (including phenoxy) is 1. The Morgan fingerprint density at radius 1 is 1.40 bits per heavy atom. The summed E-state index contributed by atoms with van der Waals surface area (Å²) in [7, 11) is 5.83. The van der Waals surface area contributed by atoms with Crippen molar-refractivity contribution in [3.05, 3.63) is 18.0 Å². The van der Waals surface area contributed by atoms with Gasteiger partial charge in [0.05, 0.1) is 11.8 Å². The number of nitrogens with one attached hydrogen (secondary N) is 1. The van der Waals surface area contributed by atoms with Gasteiger partial charge in [0.15, 0.2) is 5.96 Å². The number of guanidine groups is 1. The molecule has 1 aromatic rings. The summed E-state index contributed by atoms with van der Waals surface area (Å²) in [4.78, 5) is 6.57. The Morgan fingerprint density at radius 3 is 2.68 bits per heavy atom. The largest absolute Gasteiger partial charge is 0.373 e. The lowest BCUT2D eigenvalue weighted by Gasteiger charge is -2.38. The summed E-state index contributed by atoms with van der Waals surface area (Å²) in [5, 5.41) is 7.77. The molecule has 6 nitrogen and oxygen atoms in total. The van der Waals surface area contributed by atoms with Crippen LogP contribution in [-0.2, 0) is 18.3 Å². The van der Waals surface area contributed by atoms with E-state index in [1.54, 1.807) is 0 Å². The average Bonchev–Trinajstić information content (AvgIpc) is 2.99. The maximum atomic E-state index is 6.27. The minimum absolute atomic E-state index is 0. The van der Waals surface area contributed by atoms with Crippen molar-refractivity contribution in [3.8, 4) is 0 Å². The van der Waals surface area contributed by atoms with Gasteiger partial charge >= 0.3 is 0 Å². The minimum Gasteiger partial charge on any atom is -0.373 e. The quantitative estimate of drug-likeness (QED) is 0.384. The Hall–Kier alpha value is -0.830. The maximum absolute atomic E-state index is 6.27. The van der Waals surface area contributed by atoms with Crippen molar-refractivity contribution < 1.29 is 4.74 Å². The van der Waals surface area contributed by atoms with E-state index in [4.69, 9.17) is 4.74 Å². The molecule has 0 bridgehead atoms. The lowest BCUT2D eigenvalue weighted by molar-refractivity contribution is -0.0659. The van der Waals surface area contributed by atoms with Crippen molar-refractivity contribution in [2.45, 2.75) is 57.6 Å². The van der Waals surface area contributed by atoms with Crippen molar-refractivity contribution in [1.82, 2.24) is 20.0 Å². The number of hydrogen-bond acceptors (Lipinski definition) is 3. The molecule has 25 heavy (non-hydrogen) atoms. The van der Waals surface area contributed by atoms with E-state index >= 15 is 0 Å². The van der Waals surface area contributed by atoms with E-state index in [0.717, 1.165) is 44.9 Å². The predicted molar refractivity (Wildman–Crippen MR) is 114 cm³/mol.